The van der Waals surface area contributed by atoms with Crippen molar-refractivity contribution in [1.29, 1.82) is 0 Å². The van der Waals surface area contributed by atoms with Gasteiger partial charge >= 0.3 is 0 Å². The first-order valence-corrected chi connectivity index (χ1v) is 5.84. The average Bonchev–Trinajstić information content (AvgIpc) is 2.32. The Balaban J connectivity index is 2.66. The SMILES string of the molecule is CCCCCc1ccccc1NC(=O)C=NO. The lowest BCUT2D eigenvalue weighted by atomic mass is 10.1. The zero-order valence-corrected chi connectivity index (χ0v) is 10.0. The summed E-state index contributed by atoms with van der Waals surface area (Å²) in [6.07, 6.45) is 5.26. The lowest BCUT2D eigenvalue weighted by molar-refractivity contribution is -0.110. The number of hydrogen-bond donors (Lipinski definition) is 2. The molecule has 1 amide bonds. The van der Waals surface area contributed by atoms with E-state index in [4.69, 9.17) is 5.21 Å². The van der Waals surface area contributed by atoms with Crippen molar-refractivity contribution in [2.45, 2.75) is 32.6 Å². The molecule has 1 rings (SSSR count). The van der Waals surface area contributed by atoms with Gasteiger partial charge in [0.2, 0.25) is 0 Å². The van der Waals surface area contributed by atoms with E-state index >= 15 is 0 Å². The number of benzene rings is 1. The smallest absolute Gasteiger partial charge is 0.270 e. The number of para-hydroxylation sites is 1. The highest BCUT2D eigenvalue weighted by Crippen LogP contribution is 2.17. The molecule has 0 bridgehead atoms. The van der Waals surface area contributed by atoms with E-state index in [-0.39, 0.29) is 0 Å². The van der Waals surface area contributed by atoms with Gasteiger partial charge in [0.15, 0.2) is 0 Å². The summed E-state index contributed by atoms with van der Waals surface area (Å²) >= 11 is 0. The summed E-state index contributed by atoms with van der Waals surface area (Å²) in [4.78, 5) is 11.3. The molecular weight excluding hydrogens is 216 g/mol. The third-order valence-electron chi connectivity index (χ3n) is 2.50. The van der Waals surface area contributed by atoms with Gasteiger partial charge < -0.3 is 10.5 Å². The van der Waals surface area contributed by atoms with Crippen LogP contribution in [-0.2, 0) is 11.2 Å². The van der Waals surface area contributed by atoms with Crippen LogP contribution in [0.3, 0.4) is 0 Å². The quantitative estimate of drug-likeness (QED) is 0.344. The third-order valence-corrected chi connectivity index (χ3v) is 2.50. The minimum Gasteiger partial charge on any atom is -0.411 e. The molecule has 1 aromatic rings. The van der Waals surface area contributed by atoms with E-state index in [0.717, 1.165) is 30.3 Å². The fourth-order valence-electron chi connectivity index (χ4n) is 1.64. The Labute approximate surface area is 101 Å². The van der Waals surface area contributed by atoms with E-state index in [9.17, 15) is 4.79 Å². The van der Waals surface area contributed by atoms with Crippen molar-refractivity contribution in [3.63, 3.8) is 0 Å². The van der Waals surface area contributed by atoms with Gasteiger partial charge in [-0.2, -0.15) is 0 Å². The maximum absolute atomic E-state index is 11.3. The van der Waals surface area contributed by atoms with Crippen molar-refractivity contribution in [3.8, 4) is 0 Å². The first-order valence-electron chi connectivity index (χ1n) is 5.84. The van der Waals surface area contributed by atoms with Gasteiger partial charge in [-0.15, -0.1) is 0 Å². The van der Waals surface area contributed by atoms with Gasteiger partial charge in [-0.25, -0.2) is 0 Å². The van der Waals surface area contributed by atoms with Gasteiger partial charge in [0, 0.05) is 5.69 Å². The molecule has 4 heteroatoms. The number of amides is 1. The second-order valence-corrected chi connectivity index (χ2v) is 3.85. The van der Waals surface area contributed by atoms with E-state index < -0.39 is 5.91 Å². The third kappa shape index (κ3) is 4.68. The van der Waals surface area contributed by atoms with Crippen LogP contribution in [0.4, 0.5) is 5.69 Å². The van der Waals surface area contributed by atoms with Crippen molar-refractivity contribution < 1.29 is 10.0 Å². The number of unbranched alkanes of at least 4 members (excludes halogenated alkanes) is 2. The van der Waals surface area contributed by atoms with Crippen LogP contribution >= 0.6 is 0 Å². The molecule has 0 unspecified atom stereocenters. The Morgan fingerprint density at radius 1 is 1.41 bits per heavy atom. The van der Waals surface area contributed by atoms with Crippen molar-refractivity contribution in [2.75, 3.05) is 5.32 Å². The van der Waals surface area contributed by atoms with Gasteiger partial charge in [-0.1, -0.05) is 43.1 Å². The molecule has 0 heterocycles. The fourth-order valence-corrected chi connectivity index (χ4v) is 1.64. The van der Waals surface area contributed by atoms with Gasteiger partial charge in [0.05, 0.1) is 0 Å². The van der Waals surface area contributed by atoms with Crippen molar-refractivity contribution in [3.05, 3.63) is 29.8 Å². The van der Waals surface area contributed by atoms with Crippen molar-refractivity contribution >= 4 is 17.8 Å². The van der Waals surface area contributed by atoms with E-state index in [0.29, 0.717) is 0 Å². The van der Waals surface area contributed by atoms with Crippen LogP contribution < -0.4 is 5.32 Å². The number of nitrogens with one attached hydrogen (secondary N) is 1. The Morgan fingerprint density at radius 3 is 2.88 bits per heavy atom. The Morgan fingerprint density at radius 2 is 2.18 bits per heavy atom. The molecule has 2 N–H and O–H groups in total. The van der Waals surface area contributed by atoms with E-state index in [1.807, 2.05) is 24.3 Å². The number of rotatable bonds is 6. The summed E-state index contributed by atoms with van der Waals surface area (Å²) in [5.41, 5.74) is 1.90. The summed E-state index contributed by atoms with van der Waals surface area (Å²) in [6, 6.07) is 7.68. The van der Waals surface area contributed by atoms with Crippen LogP contribution in [0.5, 0.6) is 0 Å². The second kappa shape index (κ2) is 7.44. The molecule has 0 aliphatic heterocycles. The summed E-state index contributed by atoms with van der Waals surface area (Å²) in [6.45, 7) is 2.16. The van der Waals surface area contributed by atoms with Gasteiger partial charge in [-0.05, 0) is 24.5 Å². The molecule has 0 aliphatic carbocycles. The zero-order valence-electron chi connectivity index (χ0n) is 10.0. The molecule has 0 fully saturated rings. The number of hydrogen-bond acceptors (Lipinski definition) is 3. The molecule has 4 nitrogen and oxygen atoms in total. The summed E-state index contributed by atoms with van der Waals surface area (Å²) in [5.74, 6) is -0.421. The molecule has 0 spiro atoms. The molecule has 0 aliphatic rings. The predicted octanol–water partition coefficient (Wildman–Crippen LogP) is 2.82. The zero-order chi connectivity index (χ0) is 12.5. The average molecular weight is 234 g/mol. The first kappa shape index (κ1) is 13.2. The highest BCUT2D eigenvalue weighted by Gasteiger charge is 2.04. The van der Waals surface area contributed by atoms with Crippen LogP contribution in [-0.4, -0.2) is 17.3 Å². The molecule has 92 valence electrons. The second-order valence-electron chi connectivity index (χ2n) is 3.85. The van der Waals surface area contributed by atoms with Crippen molar-refractivity contribution in [1.82, 2.24) is 0 Å². The number of oxime groups is 1. The number of aryl methyl sites for hydroxylation is 1. The summed E-state index contributed by atoms with van der Waals surface area (Å²) in [5, 5.41) is 13.7. The maximum Gasteiger partial charge on any atom is 0.270 e. The monoisotopic (exact) mass is 234 g/mol. The van der Waals surface area contributed by atoms with E-state index in [1.165, 1.54) is 12.8 Å². The predicted molar refractivity (Wildman–Crippen MR) is 68.6 cm³/mol. The molecule has 0 aromatic heterocycles. The molecule has 0 atom stereocenters. The maximum atomic E-state index is 11.3. The fraction of sp³-hybridized carbons (Fsp3) is 0.385. The van der Waals surface area contributed by atoms with Crippen LogP contribution in [0.25, 0.3) is 0 Å². The summed E-state index contributed by atoms with van der Waals surface area (Å²) in [7, 11) is 0. The lowest BCUT2D eigenvalue weighted by Gasteiger charge is -2.09. The van der Waals surface area contributed by atoms with Crippen LogP contribution in [0.2, 0.25) is 0 Å². The molecule has 1 aromatic carbocycles. The summed E-state index contributed by atoms with van der Waals surface area (Å²) < 4.78 is 0. The van der Waals surface area contributed by atoms with Gasteiger partial charge in [0.25, 0.3) is 5.91 Å². The van der Waals surface area contributed by atoms with Gasteiger partial charge in [0.1, 0.15) is 6.21 Å². The van der Waals surface area contributed by atoms with Gasteiger partial charge in [-0.3, -0.25) is 4.79 Å². The Kier molecular flexibility index (Phi) is 5.79. The highest BCUT2D eigenvalue weighted by atomic mass is 16.4. The normalized spacial score (nSPS) is 10.6. The van der Waals surface area contributed by atoms with Crippen LogP contribution in [0, 0.1) is 0 Å². The number of anilines is 1. The number of nitrogens with zero attached hydrogens (tertiary/aromatic N) is 1. The molecule has 0 saturated heterocycles. The standard InChI is InChI=1S/C13H18N2O2/c1-2-3-4-7-11-8-5-6-9-12(11)15-13(16)10-14-17/h5-6,8-10,17H,2-4,7H2,1H3,(H,15,16). The molecule has 0 radical (unpaired) electrons. The van der Waals surface area contributed by atoms with E-state index in [2.05, 4.69) is 17.4 Å². The van der Waals surface area contributed by atoms with Crippen LogP contribution in [0.1, 0.15) is 31.7 Å². The van der Waals surface area contributed by atoms with Crippen molar-refractivity contribution in [2.24, 2.45) is 5.16 Å². The van der Waals surface area contributed by atoms with Crippen LogP contribution in [0.15, 0.2) is 29.4 Å². The molecular formula is C13H18N2O2. The number of carbonyl (C=O) groups excluding carboxylic acids is 1. The minimum atomic E-state index is -0.421. The topological polar surface area (TPSA) is 61.7 Å². The highest BCUT2D eigenvalue weighted by molar-refractivity contribution is 6.31. The minimum absolute atomic E-state index is 0.421. The lowest BCUT2D eigenvalue weighted by Crippen LogP contribution is -2.13. The van der Waals surface area contributed by atoms with E-state index in [1.54, 1.807) is 0 Å². The Hall–Kier alpha value is -1.84. The largest absolute Gasteiger partial charge is 0.411 e. The molecule has 0 saturated carbocycles. The first-order chi connectivity index (χ1) is 8.27. The molecule has 17 heavy (non-hydrogen) atoms. The Bertz CT molecular complexity index is 389. The number of carbonyl (C=O) groups is 1.